The second-order valence-corrected chi connectivity index (χ2v) is 9.00. The first-order valence-corrected chi connectivity index (χ1v) is 11.9. The van der Waals surface area contributed by atoms with Gasteiger partial charge in [-0.2, -0.15) is 9.90 Å². The maximum absolute atomic E-state index is 6.49. The van der Waals surface area contributed by atoms with Gasteiger partial charge in [0, 0.05) is 5.75 Å². The number of para-hydroxylation sites is 1. The molecule has 2 heterocycles. The van der Waals surface area contributed by atoms with Crippen LogP contribution in [0.4, 0.5) is 0 Å². The van der Waals surface area contributed by atoms with Gasteiger partial charge < -0.3 is 0 Å². The van der Waals surface area contributed by atoms with E-state index in [0.717, 1.165) is 27.6 Å². The van der Waals surface area contributed by atoms with E-state index in [2.05, 4.69) is 57.8 Å². The monoisotopic (exact) mass is 472 g/mol. The predicted molar refractivity (Wildman–Crippen MR) is 132 cm³/mol. The zero-order valence-corrected chi connectivity index (χ0v) is 19.5. The number of hydrogen-bond acceptors (Lipinski definition) is 5. The van der Waals surface area contributed by atoms with E-state index >= 15 is 0 Å². The molecule has 0 atom stereocenters. The van der Waals surface area contributed by atoms with Gasteiger partial charge in [0.05, 0.1) is 29.0 Å². The van der Waals surface area contributed by atoms with E-state index in [0.29, 0.717) is 17.4 Å². The number of rotatable bonds is 7. The highest BCUT2D eigenvalue weighted by molar-refractivity contribution is 7.98. The molecule has 0 amide bonds. The number of nitrogens with zero attached hydrogens (tertiary/aromatic N) is 6. The fourth-order valence-corrected chi connectivity index (χ4v) is 4.82. The van der Waals surface area contributed by atoms with E-state index in [1.807, 2.05) is 53.2 Å². The Hall–Kier alpha value is -3.42. The lowest BCUT2D eigenvalue weighted by Crippen LogP contribution is -2.04. The fraction of sp³-hybridized carbons (Fsp3) is 0.120. The Morgan fingerprint density at radius 3 is 2.52 bits per heavy atom. The maximum atomic E-state index is 6.49. The number of benzene rings is 3. The molecule has 5 rings (SSSR count). The average molecular weight is 473 g/mol. The molecule has 5 aromatic rings. The third-order valence-corrected chi connectivity index (χ3v) is 6.59. The quantitative estimate of drug-likeness (QED) is 0.279. The van der Waals surface area contributed by atoms with Crippen LogP contribution in [0.15, 0.2) is 90.1 Å². The molecule has 0 aliphatic rings. The van der Waals surface area contributed by atoms with E-state index in [9.17, 15) is 0 Å². The summed E-state index contributed by atoms with van der Waals surface area (Å²) in [4.78, 5) is 1.61. The predicted octanol–water partition coefficient (Wildman–Crippen LogP) is 5.83. The molecule has 0 saturated heterocycles. The molecule has 6 nitrogen and oxygen atoms in total. The van der Waals surface area contributed by atoms with Crippen LogP contribution in [-0.2, 0) is 12.3 Å². The Bertz CT molecular complexity index is 1380. The Kier molecular flexibility index (Phi) is 6.24. The second-order valence-electron chi connectivity index (χ2n) is 7.63. The summed E-state index contributed by atoms with van der Waals surface area (Å²) < 4.78 is 1.85. The normalized spacial score (nSPS) is 11.1. The first-order chi connectivity index (χ1) is 16.2. The molecule has 8 heteroatoms. The number of hydrogen-bond donors (Lipinski definition) is 0. The van der Waals surface area contributed by atoms with Gasteiger partial charge in [0.25, 0.3) is 0 Å². The van der Waals surface area contributed by atoms with Crippen LogP contribution < -0.4 is 0 Å². The van der Waals surface area contributed by atoms with Crippen molar-refractivity contribution in [2.24, 2.45) is 0 Å². The Morgan fingerprint density at radius 2 is 1.70 bits per heavy atom. The number of halogens is 1. The Labute approximate surface area is 201 Å². The van der Waals surface area contributed by atoms with Gasteiger partial charge in [0.2, 0.25) is 5.82 Å². The van der Waals surface area contributed by atoms with Crippen molar-refractivity contribution in [3.8, 4) is 17.1 Å². The molecule has 0 aliphatic heterocycles. The number of thioether (sulfide) groups is 1. The highest BCUT2D eigenvalue weighted by Crippen LogP contribution is 2.35. The van der Waals surface area contributed by atoms with Crippen LogP contribution in [0.25, 0.3) is 17.1 Å². The van der Waals surface area contributed by atoms with Gasteiger partial charge >= 0.3 is 0 Å². The number of tetrazole rings is 1. The molecular formula is C25H21ClN6S. The van der Waals surface area contributed by atoms with Crippen molar-refractivity contribution in [1.29, 1.82) is 0 Å². The van der Waals surface area contributed by atoms with Gasteiger partial charge in [0.1, 0.15) is 5.03 Å². The molecule has 0 saturated carbocycles. The summed E-state index contributed by atoms with van der Waals surface area (Å²) in [5.74, 6) is 1.32. The first-order valence-electron chi connectivity index (χ1n) is 10.5. The average Bonchev–Trinajstić information content (AvgIpc) is 3.45. The molecule has 0 unspecified atom stereocenters. The lowest BCUT2D eigenvalue weighted by molar-refractivity contribution is 0.572. The maximum Gasteiger partial charge on any atom is 0.209 e. The highest BCUT2D eigenvalue weighted by Gasteiger charge is 2.20. The van der Waals surface area contributed by atoms with Crippen LogP contribution in [0.1, 0.15) is 16.7 Å². The van der Waals surface area contributed by atoms with Crippen molar-refractivity contribution < 1.29 is 0 Å². The lowest BCUT2D eigenvalue weighted by atomic mass is 10.1. The van der Waals surface area contributed by atoms with Crippen molar-refractivity contribution >= 4 is 23.4 Å². The van der Waals surface area contributed by atoms with Crippen LogP contribution in [0, 0.1) is 6.92 Å². The zero-order chi connectivity index (χ0) is 22.6. The number of aromatic nitrogens is 6. The summed E-state index contributed by atoms with van der Waals surface area (Å²) in [6.07, 6.45) is 1.78. The summed E-state index contributed by atoms with van der Waals surface area (Å²) in [6.45, 7) is 2.63. The first kappa shape index (κ1) is 21.4. The summed E-state index contributed by atoms with van der Waals surface area (Å²) in [5.41, 5.74) is 5.19. The molecule has 0 radical (unpaired) electrons. The topological polar surface area (TPSA) is 61.4 Å². The van der Waals surface area contributed by atoms with Crippen LogP contribution >= 0.6 is 23.4 Å². The van der Waals surface area contributed by atoms with Crippen LogP contribution in [0.2, 0.25) is 5.02 Å². The van der Waals surface area contributed by atoms with E-state index in [4.69, 9.17) is 11.6 Å². The summed E-state index contributed by atoms with van der Waals surface area (Å²) in [7, 11) is 0. The van der Waals surface area contributed by atoms with E-state index in [-0.39, 0.29) is 0 Å². The SMILES string of the molecule is Cc1cccc(Cn2nnc(-c3cnn(-c4ccccc4Cl)c3SCc3ccccc3)n2)c1. The molecule has 0 aliphatic carbocycles. The molecular weight excluding hydrogens is 452 g/mol. The third-order valence-electron chi connectivity index (χ3n) is 5.12. The molecule has 33 heavy (non-hydrogen) atoms. The smallest absolute Gasteiger partial charge is 0.209 e. The van der Waals surface area contributed by atoms with E-state index < -0.39 is 0 Å². The molecule has 2 aromatic heterocycles. The Morgan fingerprint density at radius 1 is 0.909 bits per heavy atom. The van der Waals surface area contributed by atoms with Crippen molar-refractivity contribution in [2.75, 3.05) is 0 Å². The van der Waals surface area contributed by atoms with Gasteiger partial charge in [-0.3, -0.25) is 0 Å². The molecule has 0 N–H and O–H groups in total. The molecule has 164 valence electrons. The Balaban J connectivity index is 1.49. The van der Waals surface area contributed by atoms with Gasteiger partial charge in [-0.1, -0.05) is 83.9 Å². The standard InChI is InChI=1S/C25H21ClN6S/c1-18-8-7-11-20(14-18)16-31-29-24(28-30-31)21-15-27-32(23-13-6-5-12-22(23)26)25(21)33-17-19-9-3-2-4-10-19/h2-15H,16-17H2,1H3. The van der Waals surface area contributed by atoms with Crippen molar-refractivity contribution in [3.63, 3.8) is 0 Å². The fourth-order valence-electron chi connectivity index (χ4n) is 3.54. The van der Waals surface area contributed by atoms with Gasteiger partial charge in [0.15, 0.2) is 0 Å². The lowest BCUT2D eigenvalue weighted by Gasteiger charge is -2.10. The van der Waals surface area contributed by atoms with Crippen molar-refractivity contribution in [2.45, 2.75) is 24.2 Å². The summed E-state index contributed by atoms with van der Waals surface area (Å²) in [5, 5.41) is 19.4. The van der Waals surface area contributed by atoms with Crippen LogP contribution in [-0.4, -0.2) is 30.0 Å². The van der Waals surface area contributed by atoms with Crippen molar-refractivity contribution in [3.05, 3.63) is 107 Å². The van der Waals surface area contributed by atoms with Crippen LogP contribution in [0.3, 0.4) is 0 Å². The highest BCUT2D eigenvalue weighted by atomic mass is 35.5. The minimum atomic E-state index is 0.538. The minimum Gasteiger partial charge on any atom is -0.225 e. The van der Waals surface area contributed by atoms with Gasteiger partial charge in [-0.15, -0.1) is 22.0 Å². The second kappa shape index (κ2) is 9.60. The molecule has 0 fully saturated rings. The van der Waals surface area contributed by atoms with E-state index in [1.54, 1.807) is 22.8 Å². The minimum absolute atomic E-state index is 0.538. The third kappa shape index (κ3) is 4.84. The molecule has 0 spiro atoms. The van der Waals surface area contributed by atoms with Gasteiger partial charge in [-0.05, 0) is 35.4 Å². The molecule has 3 aromatic carbocycles. The van der Waals surface area contributed by atoms with Crippen molar-refractivity contribution in [1.82, 2.24) is 30.0 Å². The summed E-state index contributed by atoms with van der Waals surface area (Å²) >= 11 is 8.16. The largest absolute Gasteiger partial charge is 0.225 e. The van der Waals surface area contributed by atoms with E-state index in [1.165, 1.54) is 11.1 Å². The summed E-state index contributed by atoms with van der Waals surface area (Å²) in [6, 6.07) is 26.3. The number of aryl methyl sites for hydroxylation is 1. The zero-order valence-electron chi connectivity index (χ0n) is 18.0. The van der Waals surface area contributed by atoms with Gasteiger partial charge in [-0.25, -0.2) is 4.68 Å². The molecule has 0 bridgehead atoms. The van der Waals surface area contributed by atoms with Crippen LogP contribution in [0.5, 0.6) is 0 Å².